The summed E-state index contributed by atoms with van der Waals surface area (Å²) in [5.74, 6) is 0.874. The number of carbonyl (C=O) groups is 2. The van der Waals surface area contributed by atoms with Crippen molar-refractivity contribution in [2.45, 2.75) is 33.1 Å². The van der Waals surface area contributed by atoms with E-state index in [9.17, 15) is 9.59 Å². The maximum absolute atomic E-state index is 13.1. The summed E-state index contributed by atoms with van der Waals surface area (Å²) in [5.41, 5.74) is 5.65. The number of fused-ring (bicyclic) bond motifs is 1. The maximum Gasteiger partial charge on any atom is 0.289 e. The lowest BCUT2D eigenvalue weighted by atomic mass is 9.93. The molecule has 164 valence electrons. The number of benzene rings is 1. The van der Waals surface area contributed by atoms with E-state index in [0.29, 0.717) is 24.4 Å². The molecule has 31 heavy (non-hydrogen) atoms. The van der Waals surface area contributed by atoms with Crippen molar-refractivity contribution in [1.29, 1.82) is 0 Å². The number of aryl methyl sites for hydroxylation is 1. The molecule has 2 amide bonds. The molecule has 1 aromatic heterocycles. The lowest BCUT2D eigenvalue weighted by Crippen LogP contribution is -2.48. The lowest BCUT2D eigenvalue weighted by molar-refractivity contribution is 0.0609. The predicted octanol–water partition coefficient (Wildman–Crippen LogP) is 3.60. The smallest absolute Gasteiger partial charge is 0.289 e. The first-order valence-electron chi connectivity index (χ1n) is 10.7. The second-order valence-electron chi connectivity index (χ2n) is 7.94. The minimum absolute atomic E-state index is 0.0547. The molecule has 2 aromatic rings. The highest BCUT2D eigenvalue weighted by Gasteiger charge is 2.31. The van der Waals surface area contributed by atoms with Gasteiger partial charge in [-0.1, -0.05) is 22.9 Å². The zero-order valence-electron chi connectivity index (χ0n) is 17.9. The fourth-order valence-corrected chi connectivity index (χ4v) is 4.44. The molecule has 2 heterocycles. The van der Waals surface area contributed by atoms with Crippen LogP contribution in [-0.2, 0) is 6.42 Å². The van der Waals surface area contributed by atoms with E-state index in [1.54, 1.807) is 12.1 Å². The van der Waals surface area contributed by atoms with Crippen LogP contribution in [0.1, 0.15) is 57.6 Å². The molecule has 0 bridgehead atoms. The van der Waals surface area contributed by atoms with Gasteiger partial charge in [-0.3, -0.25) is 9.59 Å². The Hall–Kier alpha value is -2.45. The molecular formula is C23H27BrN4O3. The van der Waals surface area contributed by atoms with Crippen LogP contribution in [-0.4, -0.2) is 60.0 Å². The van der Waals surface area contributed by atoms with Crippen molar-refractivity contribution in [2.75, 3.05) is 32.7 Å². The monoisotopic (exact) mass is 486 g/mol. The summed E-state index contributed by atoms with van der Waals surface area (Å²) in [6.07, 6.45) is 2.37. The highest BCUT2D eigenvalue weighted by molar-refractivity contribution is 9.10. The number of hydrazone groups is 1. The van der Waals surface area contributed by atoms with Crippen LogP contribution < -0.4 is 5.43 Å². The predicted molar refractivity (Wildman–Crippen MR) is 123 cm³/mol. The number of nitrogens with zero attached hydrogens (tertiary/aromatic N) is 3. The molecule has 1 fully saturated rings. The largest absolute Gasteiger partial charge is 0.455 e. The number of piperazine rings is 1. The third-order valence-electron chi connectivity index (χ3n) is 6.03. The number of halogens is 1. The van der Waals surface area contributed by atoms with Crippen LogP contribution in [0.4, 0.5) is 0 Å². The summed E-state index contributed by atoms with van der Waals surface area (Å²) < 4.78 is 6.95. The normalized spacial score (nSPS) is 18.2. The Kier molecular flexibility index (Phi) is 6.57. The Morgan fingerprint density at radius 1 is 1.13 bits per heavy atom. The van der Waals surface area contributed by atoms with Gasteiger partial charge in [-0.05, 0) is 50.6 Å². The average molecular weight is 487 g/mol. The van der Waals surface area contributed by atoms with E-state index >= 15 is 0 Å². The molecule has 1 saturated heterocycles. The Morgan fingerprint density at radius 2 is 1.84 bits per heavy atom. The minimum Gasteiger partial charge on any atom is -0.455 e. The number of hydrogen-bond donors (Lipinski definition) is 1. The molecular weight excluding hydrogens is 460 g/mol. The zero-order chi connectivity index (χ0) is 22.0. The average Bonchev–Trinajstić information content (AvgIpc) is 3.14. The number of nitrogens with one attached hydrogen (secondary N) is 1. The summed E-state index contributed by atoms with van der Waals surface area (Å²) in [6, 6.07) is 7.12. The van der Waals surface area contributed by atoms with Crippen molar-refractivity contribution in [3.05, 3.63) is 56.9 Å². The number of rotatable bonds is 4. The zero-order valence-corrected chi connectivity index (χ0v) is 19.5. The van der Waals surface area contributed by atoms with E-state index < -0.39 is 0 Å². The van der Waals surface area contributed by atoms with Crippen LogP contribution in [0.25, 0.3) is 0 Å². The van der Waals surface area contributed by atoms with E-state index in [1.807, 2.05) is 24.0 Å². The minimum atomic E-state index is -0.265. The van der Waals surface area contributed by atoms with Crippen molar-refractivity contribution in [2.24, 2.45) is 5.10 Å². The van der Waals surface area contributed by atoms with E-state index in [2.05, 4.69) is 38.3 Å². The standard InChI is InChI=1S/C23H27BrN4O3/c1-3-27-11-13-28(14-12-27)23(30)21-15(2)20-18(5-4-6-19(20)31-21)25-26-22(29)16-7-9-17(24)10-8-16/h7-10H,3-6,11-14H2,1-2H3,(H,26,29)/b25-18+. The molecule has 0 unspecified atom stereocenters. The Bertz CT molecular complexity index is 1000. The Labute approximate surface area is 190 Å². The van der Waals surface area contributed by atoms with Crippen molar-refractivity contribution < 1.29 is 14.0 Å². The summed E-state index contributed by atoms with van der Waals surface area (Å²) in [7, 11) is 0. The van der Waals surface area contributed by atoms with Gasteiger partial charge in [0.05, 0.1) is 5.71 Å². The van der Waals surface area contributed by atoms with Crippen LogP contribution >= 0.6 is 15.9 Å². The summed E-state index contributed by atoms with van der Waals surface area (Å²) in [5, 5.41) is 4.40. The summed E-state index contributed by atoms with van der Waals surface area (Å²) >= 11 is 3.37. The van der Waals surface area contributed by atoms with Gasteiger partial charge in [0.1, 0.15) is 5.76 Å². The first-order valence-corrected chi connectivity index (χ1v) is 11.5. The molecule has 8 heteroatoms. The van der Waals surface area contributed by atoms with E-state index in [-0.39, 0.29) is 11.8 Å². The second-order valence-corrected chi connectivity index (χ2v) is 8.86. The van der Waals surface area contributed by atoms with Gasteiger partial charge in [0.2, 0.25) is 0 Å². The van der Waals surface area contributed by atoms with Crippen LogP contribution in [0.5, 0.6) is 0 Å². The quantitative estimate of drug-likeness (QED) is 0.669. The molecule has 4 rings (SSSR count). The molecule has 0 spiro atoms. The lowest BCUT2D eigenvalue weighted by Gasteiger charge is -2.33. The number of hydrogen-bond acceptors (Lipinski definition) is 5. The first-order chi connectivity index (χ1) is 15.0. The molecule has 1 aliphatic carbocycles. The number of likely N-dealkylation sites (N-methyl/N-ethyl adjacent to an activating group) is 1. The van der Waals surface area contributed by atoms with Crippen LogP contribution in [0.3, 0.4) is 0 Å². The maximum atomic E-state index is 13.1. The van der Waals surface area contributed by atoms with Gasteiger partial charge in [0, 0.05) is 53.8 Å². The highest BCUT2D eigenvalue weighted by atomic mass is 79.9. The van der Waals surface area contributed by atoms with Crippen molar-refractivity contribution >= 4 is 33.5 Å². The fraction of sp³-hybridized carbons (Fsp3) is 0.435. The highest BCUT2D eigenvalue weighted by Crippen LogP contribution is 2.30. The number of carbonyl (C=O) groups excluding carboxylic acids is 2. The molecule has 0 saturated carbocycles. The Balaban J connectivity index is 1.53. The van der Waals surface area contributed by atoms with E-state index in [4.69, 9.17) is 4.42 Å². The van der Waals surface area contributed by atoms with Gasteiger partial charge >= 0.3 is 0 Å². The van der Waals surface area contributed by atoms with Gasteiger partial charge in [0.25, 0.3) is 11.8 Å². The SMILES string of the molecule is CCN1CCN(C(=O)c2oc3c(c2C)/C(=N/NC(=O)c2ccc(Br)cc2)CCC3)CC1. The van der Waals surface area contributed by atoms with Gasteiger partial charge in [-0.25, -0.2) is 5.43 Å². The third kappa shape index (κ3) is 4.60. The van der Waals surface area contributed by atoms with Crippen LogP contribution in [0, 0.1) is 6.92 Å². The van der Waals surface area contributed by atoms with Crippen LogP contribution in [0.15, 0.2) is 38.3 Å². The molecule has 1 N–H and O–H groups in total. The summed E-state index contributed by atoms with van der Waals surface area (Å²) in [6.45, 7) is 8.24. The third-order valence-corrected chi connectivity index (χ3v) is 6.55. The number of amides is 2. The topological polar surface area (TPSA) is 78.2 Å². The van der Waals surface area contributed by atoms with Crippen LogP contribution in [0.2, 0.25) is 0 Å². The van der Waals surface area contributed by atoms with Crippen molar-refractivity contribution in [3.8, 4) is 0 Å². The first kappa shape index (κ1) is 21.8. The van der Waals surface area contributed by atoms with Crippen molar-refractivity contribution in [3.63, 3.8) is 0 Å². The molecule has 7 nitrogen and oxygen atoms in total. The molecule has 0 atom stereocenters. The van der Waals surface area contributed by atoms with E-state index in [0.717, 1.165) is 66.0 Å². The molecule has 1 aliphatic heterocycles. The van der Waals surface area contributed by atoms with Gasteiger partial charge in [-0.15, -0.1) is 0 Å². The second kappa shape index (κ2) is 9.36. The number of furan rings is 1. The van der Waals surface area contributed by atoms with E-state index in [1.165, 1.54) is 0 Å². The Morgan fingerprint density at radius 3 is 2.52 bits per heavy atom. The molecule has 0 radical (unpaired) electrons. The molecule has 1 aromatic carbocycles. The molecule has 2 aliphatic rings. The fourth-order valence-electron chi connectivity index (χ4n) is 4.18. The van der Waals surface area contributed by atoms with Gasteiger partial charge in [0.15, 0.2) is 5.76 Å². The van der Waals surface area contributed by atoms with Gasteiger partial charge < -0.3 is 14.2 Å². The van der Waals surface area contributed by atoms with Gasteiger partial charge in [-0.2, -0.15) is 5.10 Å². The van der Waals surface area contributed by atoms with Crippen molar-refractivity contribution in [1.82, 2.24) is 15.2 Å². The summed E-state index contributed by atoms with van der Waals surface area (Å²) in [4.78, 5) is 29.8.